The number of anilines is 1. The Morgan fingerprint density at radius 3 is 2.52 bits per heavy atom. The minimum absolute atomic E-state index is 0.156. The summed E-state index contributed by atoms with van der Waals surface area (Å²) in [5, 5.41) is 2.24. The highest BCUT2D eigenvalue weighted by Crippen LogP contribution is 2.30. The molecule has 29 heavy (non-hydrogen) atoms. The number of imide groups is 2. The number of carbonyl (C=O) groups is 3. The SMILES string of the molecule is CCOc1cc(OC)ccc1/C=C1\C(=O)NC(=O)N(c2cc(C)ccc2C)C1=O. The largest absolute Gasteiger partial charge is 0.497 e. The van der Waals surface area contributed by atoms with E-state index in [4.69, 9.17) is 9.47 Å². The zero-order valence-electron chi connectivity index (χ0n) is 16.7. The van der Waals surface area contributed by atoms with E-state index in [0.29, 0.717) is 29.4 Å². The zero-order valence-corrected chi connectivity index (χ0v) is 16.7. The first-order valence-electron chi connectivity index (χ1n) is 9.15. The normalized spacial score (nSPS) is 15.5. The molecule has 150 valence electrons. The minimum Gasteiger partial charge on any atom is -0.497 e. The van der Waals surface area contributed by atoms with Crippen molar-refractivity contribution >= 4 is 29.6 Å². The van der Waals surface area contributed by atoms with E-state index in [9.17, 15) is 14.4 Å². The molecule has 7 nitrogen and oxygen atoms in total. The van der Waals surface area contributed by atoms with Gasteiger partial charge in [-0.25, -0.2) is 9.69 Å². The topological polar surface area (TPSA) is 84.9 Å². The summed E-state index contributed by atoms with van der Waals surface area (Å²) >= 11 is 0. The molecule has 1 saturated heterocycles. The molecule has 0 aliphatic carbocycles. The van der Waals surface area contributed by atoms with Crippen LogP contribution in [0.15, 0.2) is 42.0 Å². The van der Waals surface area contributed by atoms with Crippen molar-refractivity contribution in [2.45, 2.75) is 20.8 Å². The Kier molecular flexibility index (Phi) is 5.68. The first-order chi connectivity index (χ1) is 13.8. The zero-order chi connectivity index (χ0) is 21.1. The van der Waals surface area contributed by atoms with Crippen molar-refractivity contribution in [3.63, 3.8) is 0 Å². The molecule has 4 amide bonds. The Bertz CT molecular complexity index is 1030. The van der Waals surface area contributed by atoms with Crippen LogP contribution in [0.3, 0.4) is 0 Å². The minimum atomic E-state index is -0.773. The van der Waals surface area contributed by atoms with Gasteiger partial charge in [0, 0.05) is 11.6 Å². The molecule has 0 unspecified atom stereocenters. The molecule has 0 aromatic heterocycles. The smallest absolute Gasteiger partial charge is 0.335 e. The van der Waals surface area contributed by atoms with Crippen LogP contribution >= 0.6 is 0 Å². The van der Waals surface area contributed by atoms with Gasteiger partial charge in [0.25, 0.3) is 11.8 Å². The third-order valence-corrected chi connectivity index (χ3v) is 4.53. The van der Waals surface area contributed by atoms with Gasteiger partial charge in [-0.3, -0.25) is 14.9 Å². The molecule has 1 fully saturated rings. The quantitative estimate of drug-likeness (QED) is 0.621. The van der Waals surface area contributed by atoms with Gasteiger partial charge in [0.1, 0.15) is 17.1 Å². The van der Waals surface area contributed by atoms with Crippen LogP contribution in [0.5, 0.6) is 11.5 Å². The van der Waals surface area contributed by atoms with Crippen LogP contribution in [0.2, 0.25) is 0 Å². The predicted molar refractivity (Wildman–Crippen MR) is 109 cm³/mol. The number of ether oxygens (including phenoxy) is 2. The van der Waals surface area contributed by atoms with Crippen LogP contribution in [0, 0.1) is 13.8 Å². The molecule has 1 aliphatic rings. The number of aryl methyl sites for hydroxylation is 2. The maximum atomic E-state index is 13.1. The Morgan fingerprint density at radius 2 is 1.83 bits per heavy atom. The number of rotatable bonds is 5. The molecule has 0 bridgehead atoms. The van der Waals surface area contributed by atoms with Crippen molar-refractivity contribution in [1.29, 1.82) is 0 Å². The maximum Gasteiger partial charge on any atom is 0.335 e. The molecule has 0 saturated carbocycles. The average molecular weight is 394 g/mol. The Hall–Kier alpha value is -3.61. The number of carbonyl (C=O) groups excluding carboxylic acids is 3. The van der Waals surface area contributed by atoms with E-state index in [2.05, 4.69) is 5.32 Å². The number of benzene rings is 2. The molecule has 0 spiro atoms. The van der Waals surface area contributed by atoms with Gasteiger partial charge in [-0.1, -0.05) is 12.1 Å². The lowest BCUT2D eigenvalue weighted by Gasteiger charge is -2.28. The van der Waals surface area contributed by atoms with E-state index in [1.54, 1.807) is 31.2 Å². The molecule has 2 aromatic carbocycles. The second-order valence-corrected chi connectivity index (χ2v) is 6.58. The summed E-state index contributed by atoms with van der Waals surface area (Å²) in [6.45, 7) is 5.89. The standard InChI is InChI=1S/C22H22N2O5/c1-5-29-19-12-16(28-4)9-8-15(19)11-17-20(25)23-22(27)24(21(17)26)18-10-13(2)6-7-14(18)3/h6-12H,5H2,1-4H3,(H,23,25,27)/b17-11+. The highest BCUT2D eigenvalue weighted by atomic mass is 16.5. The lowest BCUT2D eigenvalue weighted by Crippen LogP contribution is -2.54. The lowest BCUT2D eigenvalue weighted by atomic mass is 10.0. The van der Waals surface area contributed by atoms with Crippen LogP contribution < -0.4 is 19.7 Å². The molecule has 7 heteroatoms. The number of urea groups is 1. The molecule has 3 rings (SSSR count). The second kappa shape index (κ2) is 8.18. The Labute approximate surface area is 168 Å². The van der Waals surface area contributed by atoms with E-state index < -0.39 is 17.8 Å². The molecule has 0 atom stereocenters. The number of amides is 4. The summed E-state index contributed by atoms with van der Waals surface area (Å²) in [5.74, 6) is -0.386. The van der Waals surface area contributed by atoms with Crippen molar-refractivity contribution < 1.29 is 23.9 Å². The monoisotopic (exact) mass is 394 g/mol. The van der Waals surface area contributed by atoms with Crippen molar-refractivity contribution in [3.05, 3.63) is 58.7 Å². The third kappa shape index (κ3) is 3.99. The second-order valence-electron chi connectivity index (χ2n) is 6.58. The molecule has 1 heterocycles. The van der Waals surface area contributed by atoms with E-state index in [1.165, 1.54) is 13.2 Å². The van der Waals surface area contributed by atoms with Crippen LogP contribution in [0.1, 0.15) is 23.6 Å². The van der Waals surface area contributed by atoms with Gasteiger partial charge in [-0.15, -0.1) is 0 Å². The van der Waals surface area contributed by atoms with Gasteiger partial charge >= 0.3 is 6.03 Å². The Balaban J connectivity index is 2.07. The highest BCUT2D eigenvalue weighted by Gasteiger charge is 2.37. The van der Waals surface area contributed by atoms with E-state index >= 15 is 0 Å². The van der Waals surface area contributed by atoms with Gasteiger partial charge in [-0.2, -0.15) is 0 Å². The predicted octanol–water partition coefficient (Wildman–Crippen LogP) is 3.38. The number of hydrogen-bond acceptors (Lipinski definition) is 5. The first-order valence-corrected chi connectivity index (χ1v) is 9.15. The van der Waals surface area contributed by atoms with Gasteiger partial charge in [-0.05, 0) is 56.2 Å². The number of hydrogen-bond donors (Lipinski definition) is 1. The molecular weight excluding hydrogens is 372 g/mol. The molecule has 1 N–H and O–H groups in total. The summed E-state index contributed by atoms with van der Waals surface area (Å²) in [6, 6.07) is 9.74. The lowest BCUT2D eigenvalue weighted by molar-refractivity contribution is -0.122. The van der Waals surface area contributed by atoms with Crippen LogP contribution in [-0.2, 0) is 9.59 Å². The first kappa shape index (κ1) is 20.1. The third-order valence-electron chi connectivity index (χ3n) is 4.53. The fourth-order valence-corrected chi connectivity index (χ4v) is 3.03. The van der Waals surface area contributed by atoms with E-state index in [0.717, 1.165) is 16.0 Å². The number of nitrogens with zero attached hydrogens (tertiary/aromatic N) is 1. The van der Waals surface area contributed by atoms with Gasteiger partial charge in [0.2, 0.25) is 0 Å². The Morgan fingerprint density at radius 1 is 1.07 bits per heavy atom. The molecule has 0 radical (unpaired) electrons. The molecule has 1 aliphatic heterocycles. The van der Waals surface area contributed by atoms with Gasteiger partial charge in [0.05, 0.1) is 19.4 Å². The summed E-state index contributed by atoms with van der Waals surface area (Å²) in [7, 11) is 1.54. The fraction of sp³-hybridized carbons (Fsp3) is 0.227. The van der Waals surface area contributed by atoms with Crippen molar-refractivity contribution in [3.8, 4) is 11.5 Å². The van der Waals surface area contributed by atoms with Crippen molar-refractivity contribution in [2.75, 3.05) is 18.6 Å². The number of nitrogens with one attached hydrogen (secondary N) is 1. The van der Waals surface area contributed by atoms with Crippen LogP contribution in [-0.4, -0.2) is 31.6 Å². The van der Waals surface area contributed by atoms with Gasteiger partial charge in [0.15, 0.2) is 0 Å². The number of barbiturate groups is 1. The van der Waals surface area contributed by atoms with Crippen LogP contribution in [0.25, 0.3) is 6.08 Å². The van der Waals surface area contributed by atoms with Gasteiger partial charge < -0.3 is 9.47 Å². The fourth-order valence-electron chi connectivity index (χ4n) is 3.03. The molecular formula is C22H22N2O5. The van der Waals surface area contributed by atoms with E-state index in [-0.39, 0.29) is 5.57 Å². The number of methoxy groups -OCH3 is 1. The summed E-state index contributed by atoms with van der Waals surface area (Å²) < 4.78 is 10.8. The molecule has 2 aromatic rings. The summed E-state index contributed by atoms with van der Waals surface area (Å²) in [4.78, 5) is 39.0. The maximum absolute atomic E-state index is 13.1. The van der Waals surface area contributed by atoms with E-state index in [1.807, 2.05) is 26.0 Å². The van der Waals surface area contributed by atoms with Crippen molar-refractivity contribution in [1.82, 2.24) is 5.32 Å². The average Bonchev–Trinajstić information content (AvgIpc) is 2.68. The summed E-state index contributed by atoms with van der Waals surface area (Å²) in [6.07, 6.45) is 1.42. The summed E-state index contributed by atoms with van der Waals surface area (Å²) in [5.41, 5.74) is 2.44. The van der Waals surface area contributed by atoms with Crippen LogP contribution in [0.4, 0.5) is 10.5 Å². The van der Waals surface area contributed by atoms with Crippen molar-refractivity contribution in [2.24, 2.45) is 0 Å². The highest BCUT2D eigenvalue weighted by molar-refractivity contribution is 6.39.